The van der Waals surface area contributed by atoms with Gasteiger partial charge in [0, 0.05) is 45.3 Å². The van der Waals surface area contributed by atoms with Gasteiger partial charge in [-0.25, -0.2) is 0 Å². The zero-order valence-corrected chi connectivity index (χ0v) is 20.4. The Kier molecular flexibility index (Phi) is 10.8. The number of nitrogens with zero attached hydrogens (tertiary/aromatic N) is 3. The van der Waals surface area contributed by atoms with Gasteiger partial charge in [0.1, 0.15) is 0 Å². The molecule has 0 aromatic rings. The lowest BCUT2D eigenvalue weighted by Gasteiger charge is -2.48. The lowest BCUT2D eigenvalue weighted by molar-refractivity contribution is -0.0352. The van der Waals surface area contributed by atoms with Crippen LogP contribution in [-0.2, 0) is 4.74 Å². The van der Waals surface area contributed by atoms with Crippen molar-refractivity contribution in [2.24, 2.45) is 10.9 Å². The maximum Gasteiger partial charge on any atom is 0.191 e. The highest BCUT2D eigenvalue weighted by Crippen LogP contribution is 2.33. The molecule has 2 aliphatic heterocycles. The third-order valence-corrected chi connectivity index (χ3v) is 6.88. The van der Waals surface area contributed by atoms with Crippen LogP contribution in [0.4, 0.5) is 0 Å². The fraction of sp³-hybridized carbons (Fsp3) is 0.952. The number of likely N-dealkylation sites (tertiary alicyclic amines) is 1. The second-order valence-corrected chi connectivity index (χ2v) is 8.59. The fourth-order valence-corrected chi connectivity index (χ4v) is 5.17. The molecule has 1 aliphatic carbocycles. The highest BCUT2D eigenvalue weighted by molar-refractivity contribution is 14.0. The first-order valence-corrected chi connectivity index (χ1v) is 11.3. The molecule has 6 nitrogen and oxygen atoms in total. The molecule has 0 aromatic heterocycles. The summed E-state index contributed by atoms with van der Waals surface area (Å²) in [6.45, 7) is 11.9. The Labute approximate surface area is 189 Å². The number of hydrogen-bond donors (Lipinski definition) is 2. The van der Waals surface area contributed by atoms with E-state index in [4.69, 9.17) is 4.74 Å². The van der Waals surface area contributed by atoms with Crippen molar-refractivity contribution in [3.63, 3.8) is 0 Å². The van der Waals surface area contributed by atoms with Gasteiger partial charge in [-0.1, -0.05) is 26.2 Å². The molecule has 3 aliphatic rings. The van der Waals surface area contributed by atoms with Crippen LogP contribution in [-0.4, -0.2) is 87.4 Å². The smallest absolute Gasteiger partial charge is 0.191 e. The number of halogens is 1. The van der Waals surface area contributed by atoms with Crippen molar-refractivity contribution in [3.8, 4) is 0 Å². The van der Waals surface area contributed by atoms with Crippen LogP contribution in [0.2, 0.25) is 0 Å². The number of guanidine groups is 1. The third kappa shape index (κ3) is 6.71. The summed E-state index contributed by atoms with van der Waals surface area (Å²) in [5, 5.41) is 7.30. The largest absolute Gasteiger partial charge is 0.379 e. The van der Waals surface area contributed by atoms with E-state index in [0.717, 1.165) is 51.3 Å². The van der Waals surface area contributed by atoms with E-state index in [1.807, 2.05) is 7.05 Å². The van der Waals surface area contributed by atoms with Crippen molar-refractivity contribution in [2.45, 2.75) is 57.4 Å². The van der Waals surface area contributed by atoms with E-state index in [1.54, 1.807) is 0 Å². The van der Waals surface area contributed by atoms with Crippen LogP contribution in [0.15, 0.2) is 4.99 Å². The van der Waals surface area contributed by atoms with Crippen LogP contribution >= 0.6 is 24.0 Å². The molecule has 3 rings (SSSR count). The summed E-state index contributed by atoms with van der Waals surface area (Å²) in [7, 11) is 1.90. The third-order valence-electron chi connectivity index (χ3n) is 6.88. The van der Waals surface area contributed by atoms with E-state index < -0.39 is 0 Å². The Balaban J connectivity index is 0.00000280. The highest BCUT2D eigenvalue weighted by atomic mass is 127. The first-order valence-electron chi connectivity index (χ1n) is 11.3. The summed E-state index contributed by atoms with van der Waals surface area (Å²) in [6.07, 6.45) is 9.33. The Bertz CT molecular complexity index is 464. The van der Waals surface area contributed by atoms with Gasteiger partial charge in [0.05, 0.1) is 13.2 Å². The van der Waals surface area contributed by atoms with Gasteiger partial charge in [-0.2, -0.15) is 0 Å². The molecule has 1 unspecified atom stereocenters. The lowest BCUT2D eigenvalue weighted by Crippen LogP contribution is -2.60. The minimum atomic E-state index is 0. The number of ether oxygens (including phenoxy) is 1. The number of hydrogen-bond acceptors (Lipinski definition) is 4. The Morgan fingerprint density at radius 2 is 1.82 bits per heavy atom. The van der Waals surface area contributed by atoms with E-state index in [9.17, 15) is 0 Å². The maximum atomic E-state index is 5.60. The van der Waals surface area contributed by atoms with Crippen molar-refractivity contribution < 1.29 is 4.74 Å². The van der Waals surface area contributed by atoms with Gasteiger partial charge in [-0.05, 0) is 44.7 Å². The van der Waals surface area contributed by atoms with Gasteiger partial charge in [-0.3, -0.25) is 9.89 Å². The van der Waals surface area contributed by atoms with Crippen LogP contribution in [0.1, 0.15) is 51.9 Å². The quantitative estimate of drug-likeness (QED) is 0.329. The molecular formula is C21H42IN5O. The second-order valence-electron chi connectivity index (χ2n) is 8.59. The zero-order valence-electron chi connectivity index (χ0n) is 18.0. The van der Waals surface area contributed by atoms with Crippen LogP contribution in [0.5, 0.6) is 0 Å². The summed E-state index contributed by atoms with van der Waals surface area (Å²) in [5.74, 6) is 1.71. The molecule has 1 saturated carbocycles. The predicted octanol–water partition coefficient (Wildman–Crippen LogP) is 2.54. The Hall–Kier alpha value is -0.120. The van der Waals surface area contributed by atoms with Crippen molar-refractivity contribution in [1.82, 2.24) is 20.4 Å². The molecule has 164 valence electrons. The van der Waals surface area contributed by atoms with E-state index >= 15 is 0 Å². The van der Waals surface area contributed by atoms with Gasteiger partial charge < -0.3 is 20.3 Å². The monoisotopic (exact) mass is 507 g/mol. The highest BCUT2D eigenvalue weighted by Gasteiger charge is 2.38. The fourth-order valence-electron chi connectivity index (χ4n) is 5.17. The molecule has 0 amide bonds. The number of piperidine rings is 1. The van der Waals surface area contributed by atoms with E-state index in [-0.39, 0.29) is 29.5 Å². The average Bonchev–Trinajstić information content (AvgIpc) is 2.75. The summed E-state index contributed by atoms with van der Waals surface area (Å²) < 4.78 is 5.60. The molecule has 1 atom stereocenters. The number of rotatable bonds is 6. The lowest BCUT2D eigenvalue weighted by atomic mass is 9.80. The average molecular weight is 508 g/mol. The SMILES string of the molecule is CCN1CCCC(CNC(=NC)NCC2(N3CCOCC3)CCCCC2)C1.I. The standard InChI is InChI=1S/C21H41N5O.HI/c1-3-25-11-7-8-19(17-25)16-23-20(22-2)24-18-21(9-5-4-6-10-21)26-12-14-27-15-13-26;/h19H,3-18H2,1-2H3,(H2,22,23,24);1H. The van der Waals surface area contributed by atoms with Crippen LogP contribution < -0.4 is 10.6 Å². The van der Waals surface area contributed by atoms with E-state index in [1.165, 1.54) is 64.6 Å². The van der Waals surface area contributed by atoms with Crippen LogP contribution in [0, 0.1) is 5.92 Å². The minimum Gasteiger partial charge on any atom is -0.379 e. The first-order chi connectivity index (χ1) is 13.3. The van der Waals surface area contributed by atoms with Gasteiger partial charge in [0.2, 0.25) is 0 Å². The molecule has 2 heterocycles. The molecule has 2 N–H and O–H groups in total. The van der Waals surface area contributed by atoms with Gasteiger partial charge in [0.25, 0.3) is 0 Å². The van der Waals surface area contributed by atoms with Crippen LogP contribution in [0.3, 0.4) is 0 Å². The Morgan fingerprint density at radius 1 is 1.07 bits per heavy atom. The maximum absolute atomic E-state index is 5.60. The number of nitrogens with one attached hydrogen (secondary N) is 2. The van der Waals surface area contributed by atoms with Crippen molar-refractivity contribution in [1.29, 1.82) is 0 Å². The molecular weight excluding hydrogens is 465 g/mol. The number of morpholine rings is 1. The molecule has 0 spiro atoms. The van der Waals surface area contributed by atoms with E-state index in [2.05, 4.69) is 32.3 Å². The zero-order chi connectivity index (χ0) is 19.0. The Morgan fingerprint density at radius 3 is 2.50 bits per heavy atom. The molecule has 0 aromatic carbocycles. The molecule has 3 fully saturated rings. The topological polar surface area (TPSA) is 52.1 Å². The summed E-state index contributed by atoms with van der Waals surface area (Å²) in [4.78, 5) is 9.77. The molecule has 28 heavy (non-hydrogen) atoms. The number of aliphatic imine (C=N–C) groups is 1. The van der Waals surface area contributed by atoms with Crippen molar-refractivity contribution >= 4 is 29.9 Å². The van der Waals surface area contributed by atoms with Gasteiger partial charge in [0.15, 0.2) is 5.96 Å². The molecule has 0 bridgehead atoms. The summed E-state index contributed by atoms with van der Waals surface area (Å²) >= 11 is 0. The molecule has 0 radical (unpaired) electrons. The molecule has 7 heteroatoms. The molecule has 2 saturated heterocycles. The minimum absolute atomic E-state index is 0. The van der Waals surface area contributed by atoms with E-state index in [0.29, 0.717) is 0 Å². The first kappa shape index (κ1) is 24.2. The second kappa shape index (κ2) is 12.5. The van der Waals surface area contributed by atoms with Gasteiger partial charge >= 0.3 is 0 Å². The van der Waals surface area contributed by atoms with Gasteiger partial charge in [-0.15, -0.1) is 24.0 Å². The van der Waals surface area contributed by atoms with Crippen LogP contribution in [0.25, 0.3) is 0 Å². The predicted molar refractivity (Wildman–Crippen MR) is 128 cm³/mol. The normalized spacial score (nSPS) is 27.1. The summed E-state index contributed by atoms with van der Waals surface area (Å²) in [6, 6.07) is 0. The summed E-state index contributed by atoms with van der Waals surface area (Å²) in [5.41, 5.74) is 0.281. The van der Waals surface area contributed by atoms with Crippen molar-refractivity contribution in [3.05, 3.63) is 0 Å². The van der Waals surface area contributed by atoms with Crippen molar-refractivity contribution in [2.75, 3.05) is 66.1 Å².